The summed E-state index contributed by atoms with van der Waals surface area (Å²) < 4.78 is 33.7. The van der Waals surface area contributed by atoms with Crippen LogP contribution in [0.3, 0.4) is 0 Å². The summed E-state index contributed by atoms with van der Waals surface area (Å²) in [7, 11) is -0.108. The number of rotatable bonds is 4. The predicted octanol–water partition coefficient (Wildman–Crippen LogP) is 1.17. The van der Waals surface area contributed by atoms with Gasteiger partial charge in [-0.05, 0) is 44.5 Å². The fraction of sp³-hybridized carbons (Fsp3) is 0.533. The second-order valence-corrected chi connectivity index (χ2v) is 7.92. The van der Waals surface area contributed by atoms with Crippen LogP contribution in [0, 0.1) is 5.92 Å². The van der Waals surface area contributed by atoms with Gasteiger partial charge in [0.15, 0.2) is 5.58 Å². The Morgan fingerprint density at radius 2 is 2.12 bits per heavy atom. The standard InChI is InChI=1S/C15H21N3O4S.ClH/c1-16-9-11-4-3-7-18(10-11)23(20,21)12-5-6-13-14(8-12)22-15(19)17(13)2;/h5-6,8,11,16H,3-4,7,9-10H2,1-2H3;1H. The molecule has 1 aromatic heterocycles. The number of fused-ring (bicyclic) bond motifs is 1. The topological polar surface area (TPSA) is 84.6 Å². The SMILES string of the molecule is CNCC1CCCN(S(=O)(=O)c2ccc3c(c2)oc(=O)n3C)C1.Cl. The molecule has 3 rings (SSSR count). The van der Waals surface area contributed by atoms with E-state index in [1.165, 1.54) is 21.0 Å². The Kier molecular flexibility index (Phi) is 5.74. The summed E-state index contributed by atoms with van der Waals surface area (Å²) in [6.07, 6.45) is 1.88. The summed E-state index contributed by atoms with van der Waals surface area (Å²) in [6, 6.07) is 4.59. The van der Waals surface area contributed by atoms with E-state index in [1.807, 2.05) is 7.05 Å². The molecule has 7 nitrogen and oxygen atoms in total. The number of sulfonamides is 1. The molecular formula is C15H22ClN3O4S. The minimum Gasteiger partial charge on any atom is -0.408 e. The van der Waals surface area contributed by atoms with Crippen LogP contribution in [0.4, 0.5) is 0 Å². The molecule has 1 aliphatic rings. The number of hydrogen-bond donors (Lipinski definition) is 1. The van der Waals surface area contributed by atoms with Gasteiger partial charge in [0.05, 0.1) is 10.4 Å². The van der Waals surface area contributed by atoms with Crippen LogP contribution in [-0.2, 0) is 17.1 Å². The van der Waals surface area contributed by atoms with Crippen molar-refractivity contribution in [2.45, 2.75) is 17.7 Å². The van der Waals surface area contributed by atoms with E-state index >= 15 is 0 Å². The summed E-state index contributed by atoms with van der Waals surface area (Å²) in [4.78, 5) is 11.7. The van der Waals surface area contributed by atoms with Crippen molar-refractivity contribution in [1.82, 2.24) is 14.2 Å². The first-order valence-corrected chi connectivity index (χ1v) is 9.12. The second kappa shape index (κ2) is 7.26. The molecular weight excluding hydrogens is 354 g/mol. The van der Waals surface area contributed by atoms with Crippen molar-refractivity contribution < 1.29 is 12.8 Å². The number of oxazole rings is 1. The first-order valence-electron chi connectivity index (χ1n) is 7.68. The van der Waals surface area contributed by atoms with E-state index in [1.54, 1.807) is 13.1 Å². The third-order valence-corrected chi connectivity index (χ3v) is 6.24. The quantitative estimate of drug-likeness (QED) is 0.867. The van der Waals surface area contributed by atoms with Crippen molar-refractivity contribution in [2.24, 2.45) is 13.0 Å². The van der Waals surface area contributed by atoms with Gasteiger partial charge in [-0.1, -0.05) is 0 Å². The number of halogens is 1. The fourth-order valence-electron chi connectivity index (χ4n) is 3.12. The Hall–Kier alpha value is -1.35. The molecule has 0 saturated carbocycles. The molecule has 1 aromatic carbocycles. The van der Waals surface area contributed by atoms with Crippen LogP contribution in [0.5, 0.6) is 0 Å². The van der Waals surface area contributed by atoms with E-state index in [2.05, 4.69) is 5.32 Å². The predicted molar refractivity (Wildman–Crippen MR) is 94.1 cm³/mol. The van der Waals surface area contributed by atoms with Crippen molar-refractivity contribution in [2.75, 3.05) is 26.7 Å². The summed E-state index contributed by atoms with van der Waals surface area (Å²) in [5.41, 5.74) is 0.878. The molecule has 24 heavy (non-hydrogen) atoms. The number of aromatic nitrogens is 1. The summed E-state index contributed by atoms with van der Waals surface area (Å²) in [5, 5.41) is 3.11. The van der Waals surface area contributed by atoms with Gasteiger partial charge in [-0.25, -0.2) is 13.2 Å². The van der Waals surface area contributed by atoms with Gasteiger partial charge < -0.3 is 9.73 Å². The molecule has 1 saturated heterocycles. The smallest absolute Gasteiger partial charge is 0.408 e. The molecule has 0 bridgehead atoms. The van der Waals surface area contributed by atoms with Crippen molar-refractivity contribution >= 4 is 33.5 Å². The Morgan fingerprint density at radius 3 is 2.83 bits per heavy atom. The van der Waals surface area contributed by atoms with E-state index in [0.717, 1.165) is 19.4 Å². The van der Waals surface area contributed by atoms with Gasteiger partial charge in [0.2, 0.25) is 10.0 Å². The van der Waals surface area contributed by atoms with Crippen LogP contribution in [0.15, 0.2) is 32.3 Å². The highest BCUT2D eigenvalue weighted by atomic mass is 35.5. The molecule has 1 aliphatic heterocycles. The minimum absolute atomic E-state index is 0. The van der Waals surface area contributed by atoms with E-state index in [9.17, 15) is 13.2 Å². The van der Waals surface area contributed by atoms with E-state index in [-0.39, 0.29) is 17.3 Å². The zero-order chi connectivity index (χ0) is 16.6. The Balaban J connectivity index is 0.00000208. The van der Waals surface area contributed by atoms with Gasteiger partial charge in [-0.15, -0.1) is 12.4 Å². The van der Waals surface area contributed by atoms with E-state index in [0.29, 0.717) is 30.1 Å². The zero-order valence-electron chi connectivity index (χ0n) is 13.7. The maximum atomic E-state index is 12.9. The van der Waals surface area contributed by atoms with Crippen LogP contribution < -0.4 is 11.1 Å². The molecule has 0 spiro atoms. The third kappa shape index (κ3) is 3.37. The lowest BCUT2D eigenvalue weighted by atomic mass is 10.00. The maximum Gasteiger partial charge on any atom is 0.419 e. The van der Waals surface area contributed by atoms with Gasteiger partial charge >= 0.3 is 5.76 Å². The molecule has 2 heterocycles. The second-order valence-electron chi connectivity index (χ2n) is 5.99. The van der Waals surface area contributed by atoms with Crippen molar-refractivity contribution in [3.8, 4) is 0 Å². The molecule has 0 amide bonds. The largest absolute Gasteiger partial charge is 0.419 e. The fourth-order valence-corrected chi connectivity index (χ4v) is 4.69. The maximum absolute atomic E-state index is 12.9. The number of nitrogens with one attached hydrogen (secondary N) is 1. The van der Waals surface area contributed by atoms with Crippen LogP contribution in [0.1, 0.15) is 12.8 Å². The van der Waals surface area contributed by atoms with Gasteiger partial charge in [-0.2, -0.15) is 4.31 Å². The molecule has 9 heteroatoms. The molecule has 1 N–H and O–H groups in total. The van der Waals surface area contributed by atoms with Crippen LogP contribution in [0.25, 0.3) is 11.1 Å². The highest BCUT2D eigenvalue weighted by molar-refractivity contribution is 7.89. The van der Waals surface area contributed by atoms with E-state index in [4.69, 9.17) is 4.42 Å². The number of benzene rings is 1. The number of aryl methyl sites for hydroxylation is 1. The third-order valence-electron chi connectivity index (χ3n) is 4.38. The first-order chi connectivity index (χ1) is 10.9. The van der Waals surface area contributed by atoms with Crippen molar-refractivity contribution in [1.29, 1.82) is 0 Å². The van der Waals surface area contributed by atoms with Crippen molar-refractivity contribution in [3.05, 3.63) is 28.7 Å². The molecule has 0 aliphatic carbocycles. The molecule has 2 aromatic rings. The Morgan fingerprint density at radius 1 is 1.38 bits per heavy atom. The normalized spacial score (nSPS) is 19.3. The lowest BCUT2D eigenvalue weighted by Crippen LogP contribution is -2.42. The Labute approximate surface area is 147 Å². The molecule has 1 unspecified atom stereocenters. The summed E-state index contributed by atoms with van der Waals surface area (Å²) in [5.74, 6) is -0.177. The number of hydrogen-bond acceptors (Lipinski definition) is 5. The van der Waals surface area contributed by atoms with Gasteiger partial charge in [0, 0.05) is 26.2 Å². The number of nitrogens with zero attached hydrogens (tertiary/aromatic N) is 2. The highest BCUT2D eigenvalue weighted by Gasteiger charge is 2.30. The monoisotopic (exact) mass is 375 g/mol. The average molecular weight is 376 g/mol. The van der Waals surface area contributed by atoms with Gasteiger partial charge in [-0.3, -0.25) is 4.57 Å². The Bertz CT molecular complexity index is 872. The summed E-state index contributed by atoms with van der Waals surface area (Å²) in [6.45, 7) is 1.85. The molecule has 1 fully saturated rings. The van der Waals surface area contributed by atoms with Gasteiger partial charge in [0.1, 0.15) is 0 Å². The first kappa shape index (κ1) is 19.0. The highest BCUT2D eigenvalue weighted by Crippen LogP contribution is 2.25. The van der Waals surface area contributed by atoms with E-state index < -0.39 is 15.8 Å². The van der Waals surface area contributed by atoms with Crippen LogP contribution in [0.2, 0.25) is 0 Å². The molecule has 134 valence electrons. The minimum atomic E-state index is -3.57. The lowest BCUT2D eigenvalue weighted by molar-refractivity contribution is 0.263. The van der Waals surface area contributed by atoms with Crippen LogP contribution in [-0.4, -0.2) is 44.0 Å². The lowest BCUT2D eigenvalue weighted by Gasteiger charge is -2.31. The number of piperidine rings is 1. The zero-order valence-corrected chi connectivity index (χ0v) is 15.3. The average Bonchev–Trinajstić information content (AvgIpc) is 2.82. The van der Waals surface area contributed by atoms with Crippen LogP contribution >= 0.6 is 12.4 Å². The molecule has 1 atom stereocenters. The van der Waals surface area contributed by atoms with Crippen molar-refractivity contribution in [3.63, 3.8) is 0 Å². The summed E-state index contributed by atoms with van der Waals surface area (Å²) >= 11 is 0. The molecule has 0 radical (unpaired) electrons. The van der Waals surface area contributed by atoms with Gasteiger partial charge in [0.25, 0.3) is 0 Å².